The maximum absolute atomic E-state index is 2.28. The van der Waals surface area contributed by atoms with Crippen LogP contribution in [0.5, 0.6) is 0 Å². The van der Waals surface area contributed by atoms with Crippen molar-refractivity contribution in [1.29, 1.82) is 0 Å². The molecule has 23 heavy (non-hydrogen) atoms. The predicted molar refractivity (Wildman–Crippen MR) is 104 cm³/mol. The molecule has 2 aromatic rings. The van der Waals surface area contributed by atoms with Crippen molar-refractivity contribution in [3.05, 3.63) is 65.7 Å². The summed E-state index contributed by atoms with van der Waals surface area (Å²) in [6.45, 7) is 13.5. The van der Waals surface area contributed by atoms with Crippen LogP contribution in [0.1, 0.15) is 52.7 Å². The van der Waals surface area contributed by atoms with Gasteiger partial charge in [0.1, 0.15) is 0 Å². The Kier molecular flexibility index (Phi) is 5.14. The van der Waals surface area contributed by atoms with Crippen molar-refractivity contribution in [3.8, 4) is 11.1 Å². The van der Waals surface area contributed by atoms with Crippen LogP contribution in [0.2, 0.25) is 0 Å². The minimum absolute atomic E-state index is 0.224. The number of rotatable bonds is 3. The van der Waals surface area contributed by atoms with Gasteiger partial charge in [-0.05, 0) is 39.5 Å². The molecule has 0 saturated carbocycles. The van der Waals surface area contributed by atoms with Gasteiger partial charge in [-0.3, -0.25) is 0 Å². The zero-order chi connectivity index (χ0) is 17.1. The summed E-state index contributed by atoms with van der Waals surface area (Å²) in [5.41, 5.74) is 5.79. The maximum atomic E-state index is 2.28. The molecule has 0 N–H and O–H groups in total. The Hall–Kier alpha value is -1.82. The van der Waals surface area contributed by atoms with Crippen LogP contribution in [-0.4, -0.2) is 0 Å². The van der Waals surface area contributed by atoms with Gasteiger partial charge < -0.3 is 0 Å². The molecule has 0 unspecified atom stereocenters. The highest BCUT2D eigenvalue weighted by molar-refractivity contribution is 5.66. The zero-order valence-electron chi connectivity index (χ0n) is 15.5. The molecule has 0 amide bonds. The van der Waals surface area contributed by atoms with Crippen molar-refractivity contribution in [2.75, 3.05) is 0 Å². The Balaban J connectivity index is 2.12. The molecule has 0 spiro atoms. The fourth-order valence-corrected chi connectivity index (χ4v) is 2.56. The van der Waals surface area contributed by atoms with E-state index in [9.17, 15) is 0 Å². The SMILES string of the molecule is CC(C)(C)C=Cc1ccc(-c2ccc(CC(C)(C)C)cc2)cc1. The Morgan fingerprint density at radius 2 is 1.17 bits per heavy atom. The first kappa shape index (κ1) is 17.5. The molecule has 0 nitrogen and oxygen atoms in total. The molecule has 0 fully saturated rings. The third-order valence-electron chi connectivity index (χ3n) is 3.71. The van der Waals surface area contributed by atoms with E-state index in [2.05, 4.69) is 102 Å². The van der Waals surface area contributed by atoms with E-state index in [0.29, 0.717) is 5.41 Å². The van der Waals surface area contributed by atoms with Crippen LogP contribution < -0.4 is 0 Å². The fourth-order valence-electron chi connectivity index (χ4n) is 2.56. The van der Waals surface area contributed by atoms with Crippen LogP contribution in [0.25, 0.3) is 17.2 Å². The maximum Gasteiger partial charge on any atom is -0.0184 e. The highest BCUT2D eigenvalue weighted by Crippen LogP contribution is 2.25. The molecule has 0 aromatic heterocycles. The first-order chi connectivity index (χ1) is 10.6. The first-order valence-corrected chi connectivity index (χ1v) is 8.51. The third kappa shape index (κ3) is 6.06. The second kappa shape index (κ2) is 6.74. The van der Waals surface area contributed by atoms with Gasteiger partial charge in [0.25, 0.3) is 0 Å². The van der Waals surface area contributed by atoms with Gasteiger partial charge in [-0.25, -0.2) is 0 Å². The molecular weight excluding hydrogens is 276 g/mol. The molecule has 0 bridgehead atoms. The summed E-state index contributed by atoms with van der Waals surface area (Å²) >= 11 is 0. The molecule has 0 radical (unpaired) electrons. The molecule has 0 heteroatoms. The Labute approximate surface area is 142 Å². The minimum atomic E-state index is 0.224. The normalized spacial score (nSPS) is 12.8. The fraction of sp³-hybridized carbons (Fsp3) is 0.391. The molecule has 0 aliphatic rings. The van der Waals surface area contributed by atoms with Gasteiger partial charge in [-0.2, -0.15) is 0 Å². The van der Waals surface area contributed by atoms with Crippen molar-refractivity contribution >= 4 is 6.08 Å². The van der Waals surface area contributed by atoms with E-state index < -0.39 is 0 Å². The van der Waals surface area contributed by atoms with Crippen LogP contribution in [0.4, 0.5) is 0 Å². The van der Waals surface area contributed by atoms with Crippen molar-refractivity contribution in [1.82, 2.24) is 0 Å². The van der Waals surface area contributed by atoms with Crippen LogP contribution in [0.3, 0.4) is 0 Å². The van der Waals surface area contributed by atoms with E-state index in [1.807, 2.05) is 0 Å². The lowest BCUT2D eigenvalue weighted by molar-refractivity contribution is 0.411. The van der Waals surface area contributed by atoms with Gasteiger partial charge in [0.2, 0.25) is 0 Å². The van der Waals surface area contributed by atoms with E-state index in [0.717, 1.165) is 6.42 Å². The summed E-state index contributed by atoms with van der Waals surface area (Å²) in [4.78, 5) is 0. The number of benzene rings is 2. The molecule has 2 aromatic carbocycles. The highest BCUT2D eigenvalue weighted by Gasteiger charge is 2.11. The minimum Gasteiger partial charge on any atom is -0.0785 e. The average Bonchev–Trinajstić information content (AvgIpc) is 2.44. The quantitative estimate of drug-likeness (QED) is 0.572. The lowest BCUT2D eigenvalue weighted by Crippen LogP contribution is -2.08. The smallest absolute Gasteiger partial charge is 0.0184 e. The second-order valence-corrected chi connectivity index (χ2v) is 8.76. The van der Waals surface area contributed by atoms with Crippen molar-refractivity contribution in [2.45, 2.75) is 48.0 Å². The molecule has 0 saturated heterocycles. The van der Waals surface area contributed by atoms with Crippen LogP contribution in [0, 0.1) is 10.8 Å². The molecule has 2 rings (SSSR count). The second-order valence-electron chi connectivity index (χ2n) is 8.76. The van der Waals surface area contributed by atoms with Crippen LogP contribution >= 0.6 is 0 Å². The van der Waals surface area contributed by atoms with E-state index in [-0.39, 0.29) is 5.41 Å². The molecule has 0 aliphatic heterocycles. The number of hydrogen-bond donors (Lipinski definition) is 0. The van der Waals surface area contributed by atoms with Gasteiger partial charge >= 0.3 is 0 Å². The molecule has 0 heterocycles. The van der Waals surface area contributed by atoms with Crippen LogP contribution in [-0.2, 0) is 6.42 Å². The Morgan fingerprint density at radius 1 is 0.696 bits per heavy atom. The summed E-state index contributed by atoms with van der Waals surface area (Å²) < 4.78 is 0. The largest absolute Gasteiger partial charge is 0.0785 e. The van der Waals surface area contributed by atoms with E-state index in [1.54, 1.807) is 0 Å². The third-order valence-corrected chi connectivity index (χ3v) is 3.71. The zero-order valence-corrected chi connectivity index (χ0v) is 15.5. The number of allylic oxidation sites excluding steroid dienone is 1. The van der Waals surface area contributed by atoms with Crippen molar-refractivity contribution in [3.63, 3.8) is 0 Å². The standard InChI is InChI=1S/C23H30/c1-22(2,3)16-15-18-7-11-20(12-8-18)21-13-9-19(10-14-21)17-23(4,5)6/h7-16H,17H2,1-6H3. The molecule has 0 atom stereocenters. The summed E-state index contributed by atoms with van der Waals surface area (Å²) in [5, 5.41) is 0. The Morgan fingerprint density at radius 3 is 1.61 bits per heavy atom. The first-order valence-electron chi connectivity index (χ1n) is 8.51. The lowest BCUT2D eigenvalue weighted by atomic mass is 9.87. The van der Waals surface area contributed by atoms with Crippen molar-refractivity contribution in [2.24, 2.45) is 10.8 Å². The summed E-state index contributed by atoms with van der Waals surface area (Å²) in [6, 6.07) is 17.8. The Bertz CT molecular complexity index is 641. The van der Waals surface area contributed by atoms with Crippen molar-refractivity contribution < 1.29 is 0 Å². The lowest BCUT2D eigenvalue weighted by Gasteiger charge is -2.18. The predicted octanol–water partition coefficient (Wildman–Crippen LogP) is 7.00. The summed E-state index contributed by atoms with van der Waals surface area (Å²) in [7, 11) is 0. The van der Waals surface area contributed by atoms with Gasteiger partial charge in [-0.15, -0.1) is 0 Å². The topological polar surface area (TPSA) is 0 Å². The van der Waals surface area contributed by atoms with E-state index in [1.165, 1.54) is 22.3 Å². The molecule has 0 aliphatic carbocycles. The summed E-state index contributed by atoms with van der Waals surface area (Å²) in [6.07, 6.45) is 5.57. The monoisotopic (exact) mass is 306 g/mol. The van der Waals surface area contributed by atoms with Gasteiger partial charge in [0.05, 0.1) is 0 Å². The van der Waals surface area contributed by atoms with Gasteiger partial charge in [0.15, 0.2) is 0 Å². The number of hydrogen-bond acceptors (Lipinski definition) is 0. The van der Waals surface area contributed by atoms with E-state index in [4.69, 9.17) is 0 Å². The average molecular weight is 306 g/mol. The highest BCUT2D eigenvalue weighted by atomic mass is 14.2. The van der Waals surface area contributed by atoms with E-state index >= 15 is 0 Å². The van der Waals surface area contributed by atoms with Gasteiger partial charge in [-0.1, -0.05) is 102 Å². The molecular formula is C23H30. The van der Waals surface area contributed by atoms with Crippen LogP contribution in [0.15, 0.2) is 54.6 Å². The summed E-state index contributed by atoms with van der Waals surface area (Å²) in [5.74, 6) is 0. The van der Waals surface area contributed by atoms with Gasteiger partial charge in [0, 0.05) is 0 Å². The molecule has 122 valence electrons.